The van der Waals surface area contributed by atoms with Crippen molar-refractivity contribution in [1.82, 2.24) is 9.80 Å². The Hall–Kier alpha value is -3.55. The third-order valence-corrected chi connectivity index (χ3v) is 13.5. The minimum absolute atomic E-state index is 0.00428. The van der Waals surface area contributed by atoms with E-state index < -0.39 is 115 Å². The Kier molecular flexibility index (Phi) is 21.4. The van der Waals surface area contributed by atoms with Crippen LogP contribution < -0.4 is 0 Å². The molecular formula is C49H78N2O15. The number of benzene rings is 1. The highest BCUT2D eigenvalue weighted by Crippen LogP contribution is 2.43. The second-order valence-electron chi connectivity index (χ2n) is 18.9. The Balaban J connectivity index is 1.75. The molecule has 0 radical (unpaired) electrons. The summed E-state index contributed by atoms with van der Waals surface area (Å²) in [6, 6.07) is 9.26. The molecule has 17 heteroatoms. The minimum atomic E-state index is -1.34. The average Bonchev–Trinajstić information content (AvgIpc) is 3.25. The average molecular weight is 935 g/mol. The van der Waals surface area contributed by atoms with Crippen LogP contribution in [0.5, 0.6) is 0 Å². The number of rotatable bonds is 15. The molecule has 0 saturated carbocycles. The van der Waals surface area contributed by atoms with Crippen LogP contribution in [0.25, 0.3) is 0 Å². The van der Waals surface area contributed by atoms with Gasteiger partial charge in [0, 0.05) is 65.3 Å². The molecule has 0 bridgehead atoms. The molecule has 0 spiro atoms. The number of hydrogen-bond acceptors (Lipinski definition) is 17. The van der Waals surface area contributed by atoms with E-state index in [1.807, 2.05) is 25.1 Å². The number of ether oxygens (including phenoxy) is 8. The molecule has 0 aliphatic carbocycles. The van der Waals surface area contributed by atoms with Gasteiger partial charge in [0.05, 0.1) is 43.0 Å². The standard InChI is InChI=1S/C49H78N2O15/c1-12-38(55)63-37-26-40(57)60-30(4)19-22-51(23-20-34-17-15-14-16-18-34)28-36(54)29(3)25-35(21-24-52)42(46(37)59-11)47-44(58)43(50(9)10)45(31(5)62-47)65-41-27-49(8,66-33(7)53)48(32(6)61-41)64-39(56)13-2/h14-18,24,29-32,35-37,41-48,54,58H,12-13,19-23,25-28H2,1-11H3/t29-,30-,31-,32+,35+,36+,37-,41-,42+,43-,44-,45-,46-,47+,48+,49-/m1/s1. The fraction of sp³-hybridized carbons (Fsp3) is 0.776. The lowest BCUT2D eigenvalue weighted by Crippen LogP contribution is -2.67. The summed E-state index contributed by atoms with van der Waals surface area (Å²) in [6.07, 6.45) is -8.44. The van der Waals surface area contributed by atoms with Crippen molar-refractivity contribution in [1.29, 1.82) is 0 Å². The van der Waals surface area contributed by atoms with E-state index in [0.29, 0.717) is 26.1 Å². The molecule has 1 aromatic carbocycles. The summed E-state index contributed by atoms with van der Waals surface area (Å²) in [5.74, 6) is -4.16. The quantitative estimate of drug-likeness (QED) is 0.145. The summed E-state index contributed by atoms with van der Waals surface area (Å²) < 4.78 is 49.5. The van der Waals surface area contributed by atoms with Crippen molar-refractivity contribution in [2.75, 3.05) is 40.8 Å². The van der Waals surface area contributed by atoms with E-state index in [2.05, 4.69) is 17.0 Å². The number of carbonyl (C=O) groups is 5. The number of cyclic esters (lactones) is 1. The van der Waals surface area contributed by atoms with Crippen LogP contribution in [0.1, 0.15) is 106 Å². The Morgan fingerprint density at radius 2 is 1.64 bits per heavy atom. The van der Waals surface area contributed by atoms with Gasteiger partial charge in [-0.2, -0.15) is 0 Å². The third kappa shape index (κ3) is 15.0. The van der Waals surface area contributed by atoms with Gasteiger partial charge in [0.15, 0.2) is 18.0 Å². The highest BCUT2D eigenvalue weighted by Gasteiger charge is 2.56. The normalized spacial score (nSPS) is 36.6. The molecule has 16 atom stereocenters. The topological polar surface area (TPSA) is 206 Å². The van der Waals surface area contributed by atoms with Crippen LogP contribution >= 0.6 is 0 Å². The zero-order valence-electron chi connectivity index (χ0n) is 41.0. The van der Waals surface area contributed by atoms with E-state index in [9.17, 15) is 34.2 Å². The summed E-state index contributed by atoms with van der Waals surface area (Å²) in [4.78, 5) is 68.5. The van der Waals surface area contributed by atoms with Crippen molar-refractivity contribution in [2.45, 2.75) is 186 Å². The van der Waals surface area contributed by atoms with Crippen LogP contribution in [0.2, 0.25) is 0 Å². The monoisotopic (exact) mass is 935 g/mol. The summed E-state index contributed by atoms with van der Waals surface area (Å²) in [5.41, 5.74) is -0.175. The van der Waals surface area contributed by atoms with Crippen molar-refractivity contribution < 1.29 is 72.1 Å². The molecule has 0 unspecified atom stereocenters. The van der Waals surface area contributed by atoms with Gasteiger partial charge in [-0.25, -0.2) is 0 Å². The molecular weight excluding hydrogens is 857 g/mol. The van der Waals surface area contributed by atoms with Crippen molar-refractivity contribution in [2.24, 2.45) is 17.8 Å². The van der Waals surface area contributed by atoms with Gasteiger partial charge in [-0.3, -0.25) is 19.2 Å². The Labute approximate surface area is 391 Å². The molecule has 3 aliphatic heterocycles. The summed E-state index contributed by atoms with van der Waals surface area (Å²) in [6.45, 7) is 15.0. The summed E-state index contributed by atoms with van der Waals surface area (Å²) in [5, 5.41) is 24.6. The van der Waals surface area contributed by atoms with E-state index in [1.165, 1.54) is 14.0 Å². The lowest BCUT2D eigenvalue weighted by molar-refractivity contribution is -0.319. The first-order chi connectivity index (χ1) is 31.2. The van der Waals surface area contributed by atoms with Crippen LogP contribution in [0.15, 0.2) is 30.3 Å². The molecule has 4 rings (SSSR count). The van der Waals surface area contributed by atoms with Crippen LogP contribution in [-0.4, -0.2) is 170 Å². The van der Waals surface area contributed by atoms with Crippen molar-refractivity contribution in [3.63, 3.8) is 0 Å². The number of methoxy groups -OCH3 is 1. The maximum atomic E-state index is 13.8. The predicted molar refractivity (Wildman–Crippen MR) is 242 cm³/mol. The first-order valence-corrected chi connectivity index (χ1v) is 23.7. The molecule has 0 amide bonds. The number of aliphatic hydroxyl groups is 2. The summed E-state index contributed by atoms with van der Waals surface area (Å²) >= 11 is 0. The second-order valence-corrected chi connectivity index (χ2v) is 18.9. The second kappa shape index (κ2) is 25.7. The van der Waals surface area contributed by atoms with Gasteiger partial charge < -0.3 is 62.7 Å². The molecule has 17 nitrogen and oxygen atoms in total. The molecule has 374 valence electrons. The SMILES string of the molecule is CCC(=O)O[C@@H]1CC(=O)O[C@H](C)CCN(CCc2ccccc2)C[C@H](O)[C@H](C)C[C@H](CC=O)[C@H]([C@@H]2O[C@H](C)[C@@H](O[C@@H]3C[C@@](C)(OC(C)=O)[C@@H](OC(=O)CC)[C@H](C)O3)[C@H](N(C)C)[C@H]2O)[C@@H]1OC. The molecule has 3 fully saturated rings. The number of nitrogens with zero attached hydrogens (tertiary/aromatic N) is 2. The van der Waals surface area contributed by atoms with Crippen molar-refractivity contribution in [3.8, 4) is 0 Å². The van der Waals surface area contributed by atoms with Gasteiger partial charge in [0.1, 0.15) is 30.7 Å². The molecule has 3 heterocycles. The van der Waals surface area contributed by atoms with Crippen LogP contribution in [0, 0.1) is 17.8 Å². The first kappa shape index (κ1) is 55.0. The number of carbonyl (C=O) groups excluding carboxylic acids is 5. The lowest BCUT2D eigenvalue weighted by Gasteiger charge is -2.53. The highest BCUT2D eigenvalue weighted by molar-refractivity contribution is 5.73. The third-order valence-electron chi connectivity index (χ3n) is 13.5. The molecule has 1 aromatic rings. The van der Waals surface area contributed by atoms with Gasteiger partial charge in [-0.15, -0.1) is 0 Å². The number of likely N-dealkylation sites (N-methyl/N-ethyl adjacent to an activating group) is 1. The Bertz CT molecular complexity index is 1700. The smallest absolute Gasteiger partial charge is 0.309 e. The molecule has 2 N–H and O–H groups in total. The zero-order chi connectivity index (χ0) is 48.9. The van der Waals surface area contributed by atoms with Crippen LogP contribution in [0.3, 0.4) is 0 Å². The Morgan fingerprint density at radius 3 is 2.24 bits per heavy atom. The Morgan fingerprint density at radius 1 is 0.970 bits per heavy atom. The molecule has 3 saturated heterocycles. The maximum absolute atomic E-state index is 13.8. The molecule has 3 aliphatic rings. The number of aliphatic hydroxyl groups excluding tert-OH is 2. The van der Waals surface area contributed by atoms with Crippen molar-refractivity contribution >= 4 is 30.2 Å². The van der Waals surface area contributed by atoms with Gasteiger partial charge in [0.2, 0.25) is 0 Å². The number of hydrogen-bond donors (Lipinski definition) is 2. The fourth-order valence-corrected chi connectivity index (χ4v) is 10.1. The largest absolute Gasteiger partial charge is 0.463 e. The summed E-state index contributed by atoms with van der Waals surface area (Å²) in [7, 11) is 4.99. The van der Waals surface area contributed by atoms with E-state index in [0.717, 1.165) is 18.3 Å². The number of β-amino-alcohol motifs (C(OH)–C–C–N with tert-alkyl or cyclic N) is 1. The van der Waals surface area contributed by atoms with E-state index in [1.54, 1.807) is 60.5 Å². The lowest BCUT2D eigenvalue weighted by atomic mass is 9.71. The van der Waals surface area contributed by atoms with Gasteiger partial charge in [0.25, 0.3) is 0 Å². The molecule has 0 aromatic heterocycles. The van der Waals surface area contributed by atoms with Gasteiger partial charge >= 0.3 is 23.9 Å². The van der Waals surface area contributed by atoms with E-state index in [-0.39, 0.29) is 44.4 Å². The van der Waals surface area contributed by atoms with E-state index >= 15 is 0 Å². The maximum Gasteiger partial charge on any atom is 0.309 e. The number of aldehydes is 1. The van der Waals surface area contributed by atoms with Crippen LogP contribution in [0.4, 0.5) is 0 Å². The predicted octanol–water partition coefficient (Wildman–Crippen LogP) is 4.04. The number of esters is 4. The van der Waals surface area contributed by atoms with Gasteiger partial charge in [-0.1, -0.05) is 51.1 Å². The zero-order valence-corrected chi connectivity index (χ0v) is 41.0. The minimum Gasteiger partial charge on any atom is -0.463 e. The fourth-order valence-electron chi connectivity index (χ4n) is 10.1. The highest BCUT2D eigenvalue weighted by atomic mass is 16.7. The first-order valence-electron chi connectivity index (χ1n) is 23.7. The van der Waals surface area contributed by atoms with Crippen LogP contribution in [-0.2, 0) is 68.3 Å². The van der Waals surface area contributed by atoms with Gasteiger partial charge in [-0.05, 0) is 78.5 Å². The molecule has 66 heavy (non-hydrogen) atoms. The van der Waals surface area contributed by atoms with E-state index in [4.69, 9.17) is 37.9 Å². The van der Waals surface area contributed by atoms with Crippen molar-refractivity contribution in [3.05, 3.63) is 35.9 Å².